The van der Waals surface area contributed by atoms with Crippen LogP contribution in [-0.2, 0) is 0 Å². The van der Waals surface area contributed by atoms with E-state index in [-0.39, 0.29) is 0 Å². The Kier molecular flexibility index (Phi) is 1.46. The smallest absolute Gasteiger partial charge is 0.346 e. The van der Waals surface area contributed by atoms with Crippen LogP contribution in [0.2, 0.25) is 0 Å². The van der Waals surface area contributed by atoms with E-state index >= 15 is 0 Å². The number of aromatic nitrogens is 2. The van der Waals surface area contributed by atoms with Crippen molar-refractivity contribution in [1.29, 1.82) is 0 Å². The number of thiazole rings is 1. The van der Waals surface area contributed by atoms with Gasteiger partial charge in [0.2, 0.25) is 4.83 Å². The molecule has 68 valence electrons. The summed E-state index contributed by atoms with van der Waals surface area (Å²) in [6.45, 7) is 0. The van der Waals surface area contributed by atoms with Crippen molar-refractivity contribution in [3.05, 3.63) is 36.7 Å². The molecule has 0 saturated heterocycles. The van der Waals surface area contributed by atoms with Crippen molar-refractivity contribution in [3.8, 4) is 5.75 Å². The molecule has 0 fully saturated rings. The number of nitrogens with zero attached hydrogens (tertiary/aromatic N) is 2. The van der Waals surface area contributed by atoms with E-state index in [2.05, 4.69) is 4.98 Å². The molecule has 14 heavy (non-hydrogen) atoms. The molecule has 1 N–H and O–H groups in total. The lowest BCUT2D eigenvalue weighted by molar-refractivity contribution is -0.480. The molecule has 0 aliphatic carbocycles. The molecule has 0 aliphatic heterocycles. The van der Waals surface area contributed by atoms with Gasteiger partial charge in [-0.25, -0.2) is 0 Å². The van der Waals surface area contributed by atoms with Crippen LogP contribution in [0, 0.1) is 0 Å². The summed E-state index contributed by atoms with van der Waals surface area (Å²) in [4.78, 5) is 5.11. The highest BCUT2D eigenvalue weighted by atomic mass is 32.1. The first-order valence-electron chi connectivity index (χ1n) is 4.23. The maximum atomic E-state index is 9.63. The van der Waals surface area contributed by atoms with Crippen LogP contribution < -0.4 is 4.40 Å². The summed E-state index contributed by atoms with van der Waals surface area (Å²) in [6, 6.07) is 7.39. The average Bonchev–Trinajstić information content (AvgIpc) is 2.59. The lowest BCUT2D eigenvalue weighted by Crippen LogP contribution is -2.18. The van der Waals surface area contributed by atoms with Crippen LogP contribution in [0.3, 0.4) is 0 Å². The zero-order valence-electron chi connectivity index (χ0n) is 7.21. The molecule has 3 heterocycles. The van der Waals surface area contributed by atoms with Crippen LogP contribution in [0.1, 0.15) is 0 Å². The van der Waals surface area contributed by atoms with Gasteiger partial charge in [0, 0.05) is 0 Å². The average molecular weight is 203 g/mol. The van der Waals surface area contributed by atoms with Crippen molar-refractivity contribution < 1.29 is 9.51 Å². The second-order valence-electron chi connectivity index (χ2n) is 3.00. The van der Waals surface area contributed by atoms with E-state index in [1.54, 1.807) is 12.3 Å². The van der Waals surface area contributed by atoms with Gasteiger partial charge in [0.1, 0.15) is 10.9 Å². The minimum absolute atomic E-state index is 0.301. The maximum absolute atomic E-state index is 9.63. The molecule has 0 atom stereocenters. The Morgan fingerprint density at radius 3 is 3.14 bits per heavy atom. The van der Waals surface area contributed by atoms with E-state index < -0.39 is 0 Å². The van der Waals surface area contributed by atoms with Crippen molar-refractivity contribution in [2.24, 2.45) is 0 Å². The molecule has 0 saturated carbocycles. The predicted octanol–water partition coefficient (Wildman–Crippen LogP) is 1.74. The highest BCUT2D eigenvalue weighted by molar-refractivity contribution is 7.23. The quantitative estimate of drug-likeness (QED) is 0.565. The van der Waals surface area contributed by atoms with E-state index in [0.29, 0.717) is 5.75 Å². The van der Waals surface area contributed by atoms with Crippen LogP contribution in [0.25, 0.3) is 15.2 Å². The van der Waals surface area contributed by atoms with Gasteiger partial charge in [-0.1, -0.05) is 11.3 Å². The normalized spacial score (nSPS) is 11.1. The van der Waals surface area contributed by atoms with Gasteiger partial charge in [-0.3, -0.25) is 0 Å². The molecule has 0 aromatic carbocycles. The lowest BCUT2D eigenvalue weighted by Gasteiger charge is -1.88. The largest absolute Gasteiger partial charge is 0.503 e. The number of pyridine rings is 2. The molecule has 0 unspecified atom stereocenters. The monoisotopic (exact) mass is 203 g/mol. The fraction of sp³-hybridized carbons (Fsp3) is 0. The molecule has 3 rings (SSSR count). The first kappa shape index (κ1) is 7.70. The van der Waals surface area contributed by atoms with Crippen LogP contribution in [-0.4, -0.2) is 10.1 Å². The highest BCUT2D eigenvalue weighted by Gasteiger charge is 2.14. The molecule has 0 aliphatic rings. The molecular formula is C10H7N2OS+. The minimum atomic E-state index is 0.301. The molecular weight excluding hydrogens is 196 g/mol. The van der Waals surface area contributed by atoms with E-state index in [1.165, 1.54) is 11.3 Å². The zero-order valence-corrected chi connectivity index (χ0v) is 8.03. The van der Waals surface area contributed by atoms with Crippen molar-refractivity contribution in [2.45, 2.75) is 0 Å². The van der Waals surface area contributed by atoms with E-state index in [9.17, 15) is 5.11 Å². The van der Waals surface area contributed by atoms with Gasteiger partial charge >= 0.3 is 5.65 Å². The van der Waals surface area contributed by atoms with Gasteiger partial charge in [0.05, 0.1) is 6.20 Å². The van der Waals surface area contributed by atoms with Gasteiger partial charge in [-0.2, -0.15) is 4.40 Å². The Labute approximate surface area is 83.9 Å². The predicted molar refractivity (Wildman–Crippen MR) is 54.4 cm³/mol. The maximum Gasteiger partial charge on any atom is 0.346 e. The first-order valence-corrected chi connectivity index (χ1v) is 5.05. The Morgan fingerprint density at radius 1 is 1.29 bits per heavy atom. The third-order valence-electron chi connectivity index (χ3n) is 2.11. The fourth-order valence-corrected chi connectivity index (χ4v) is 2.51. The molecule has 3 aromatic heterocycles. The SMILES string of the molecule is Oc1ccc[n+]2c1sc1cccnc12. The third kappa shape index (κ3) is 0.914. The van der Waals surface area contributed by atoms with Gasteiger partial charge in [0.25, 0.3) is 0 Å². The Hall–Kier alpha value is -1.68. The molecule has 3 aromatic rings. The van der Waals surface area contributed by atoms with Gasteiger partial charge in [-0.05, 0) is 29.2 Å². The Balaban J connectivity index is 2.63. The fourth-order valence-electron chi connectivity index (χ4n) is 1.50. The number of rotatable bonds is 0. The van der Waals surface area contributed by atoms with Gasteiger partial charge in [-0.15, -0.1) is 0 Å². The molecule has 4 heteroatoms. The van der Waals surface area contributed by atoms with Crippen molar-refractivity contribution in [1.82, 2.24) is 4.98 Å². The zero-order chi connectivity index (χ0) is 9.54. The van der Waals surface area contributed by atoms with E-state index in [4.69, 9.17) is 0 Å². The standard InChI is InChI=1S/C10H6N2OS/c13-7-3-2-6-12-9-8(14-10(7)12)4-1-5-11-9/h1-6H/p+1. The van der Waals surface area contributed by atoms with Crippen LogP contribution in [0.15, 0.2) is 36.7 Å². The Morgan fingerprint density at radius 2 is 2.21 bits per heavy atom. The minimum Gasteiger partial charge on any atom is -0.503 e. The second kappa shape index (κ2) is 2.65. The lowest BCUT2D eigenvalue weighted by atomic mass is 10.4. The molecule has 0 radical (unpaired) electrons. The van der Waals surface area contributed by atoms with Gasteiger partial charge < -0.3 is 5.11 Å². The molecule has 0 amide bonds. The van der Waals surface area contributed by atoms with Gasteiger partial charge in [0.15, 0.2) is 5.75 Å². The number of fused-ring (bicyclic) bond motifs is 3. The topological polar surface area (TPSA) is 37.2 Å². The number of hydrogen-bond donors (Lipinski definition) is 1. The Bertz CT molecular complexity index is 618. The number of aromatic hydroxyl groups is 1. The van der Waals surface area contributed by atoms with E-state index in [0.717, 1.165) is 15.2 Å². The van der Waals surface area contributed by atoms with Crippen molar-refractivity contribution >= 4 is 26.5 Å². The van der Waals surface area contributed by atoms with Crippen molar-refractivity contribution in [3.63, 3.8) is 0 Å². The van der Waals surface area contributed by atoms with Crippen LogP contribution in [0.4, 0.5) is 0 Å². The summed E-state index contributed by atoms with van der Waals surface area (Å²) >= 11 is 1.54. The van der Waals surface area contributed by atoms with Crippen molar-refractivity contribution in [2.75, 3.05) is 0 Å². The summed E-state index contributed by atoms with van der Waals surface area (Å²) in [5.41, 5.74) is 0.892. The second-order valence-corrected chi connectivity index (χ2v) is 4.03. The highest BCUT2D eigenvalue weighted by Crippen LogP contribution is 2.25. The summed E-state index contributed by atoms with van der Waals surface area (Å²) in [5.74, 6) is 0.301. The molecule has 0 spiro atoms. The van der Waals surface area contributed by atoms with E-state index in [1.807, 2.05) is 28.8 Å². The van der Waals surface area contributed by atoms with Crippen LogP contribution >= 0.6 is 11.3 Å². The van der Waals surface area contributed by atoms with Crippen LogP contribution in [0.5, 0.6) is 5.75 Å². The third-order valence-corrected chi connectivity index (χ3v) is 3.25. The first-order chi connectivity index (χ1) is 6.86. The molecule has 3 nitrogen and oxygen atoms in total. The summed E-state index contributed by atoms with van der Waals surface area (Å²) in [6.07, 6.45) is 3.66. The summed E-state index contributed by atoms with van der Waals surface area (Å²) in [5, 5.41) is 9.63. The summed E-state index contributed by atoms with van der Waals surface area (Å²) < 4.78 is 2.98. The number of hydrogen-bond acceptors (Lipinski definition) is 3. The molecule has 0 bridgehead atoms. The summed E-state index contributed by atoms with van der Waals surface area (Å²) in [7, 11) is 0.